The van der Waals surface area contributed by atoms with E-state index >= 15 is 0 Å². The van der Waals surface area contributed by atoms with Crippen LogP contribution in [0.2, 0.25) is 0 Å². The molecular formula is C17H20N2O4. The van der Waals surface area contributed by atoms with Gasteiger partial charge in [-0.1, -0.05) is 0 Å². The smallest absolute Gasteiger partial charge is 0.341 e. The topological polar surface area (TPSA) is 85.2 Å². The lowest BCUT2D eigenvalue weighted by molar-refractivity contribution is -0.384. The predicted molar refractivity (Wildman–Crippen MR) is 87.5 cm³/mol. The molecule has 6 heteroatoms. The molecular weight excluding hydrogens is 296 g/mol. The normalized spacial score (nSPS) is 11.3. The number of H-pyrrole nitrogens is 1. The van der Waals surface area contributed by atoms with Gasteiger partial charge < -0.3 is 9.72 Å². The van der Waals surface area contributed by atoms with E-state index in [0.717, 1.165) is 11.3 Å². The Hall–Kier alpha value is -2.63. The van der Waals surface area contributed by atoms with Gasteiger partial charge in [-0.15, -0.1) is 0 Å². The van der Waals surface area contributed by atoms with Crippen LogP contribution in [0.1, 0.15) is 42.5 Å². The zero-order chi connectivity index (χ0) is 17.4. The largest absolute Gasteiger partial charge is 0.456 e. The van der Waals surface area contributed by atoms with Crippen molar-refractivity contribution in [2.24, 2.45) is 0 Å². The number of aromatic nitrogens is 1. The number of esters is 1. The Labute approximate surface area is 134 Å². The Balaban J connectivity index is 2.50. The minimum absolute atomic E-state index is 0.0116. The second-order valence-electron chi connectivity index (χ2n) is 6.43. The summed E-state index contributed by atoms with van der Waals surface area (Å²) >= 11 is 0. The molecule has 0 radical (unpaired) electrons. The van der Waals surface area contributed by atoms with Crippen LogP contribution in [0, 0.1) is 24.0 Å². The van der Waals surface area contributed by atoms with Gasteiger partial charge in [0.15, 0.2) is 0 Å². The van der Waals surface area contributed by atoms with Crippen molar-refractivity contribution >= 4 is 11.7 Å². The summed E-state index contributed by atoms with van der Waals surface area (Å²) in [5.74, 6) is -0.410. The third-order valence-corrected chi connectivity index (χ3v) is 3.34. The maximum Gasteiger partial charge on any atom is 0.341 e. The Morgan fingerprint density at radius 2 is 1.70 bits per heavy atom. The third kappa shape index (κ3) is 3.59. The number of rotatable bonds is 3. The number of ether oxygens (including phenoxy) is 1. The number of hydrogen-bond donors (Lipinski definition) is 1. The van der Waals surface area contributed by atoms with Crippen LogP contribution in [-0.2, 0) is 4.74 Å². The first kappa shape index (κ1) is 16.7. The molecule has 0 aliphatic rings. The number of nitro groups is 1. The van der Waals surface area contributed by atoms with Gasteiger partial charge in [-0.3, -0.25) is 10.1 Å². The van der Waals surface area contributed by atoms with Crippen LogP contribution in [-0.4, -0.2) is 21.5 Å². The molecule has 2 aromatic rings. The van der Waals surface area contributed by atoms with E-state index in [9.17, 15) is 14.9 Å². The highest BCUT2D eigenvalue weighted by molar-refractivity contribution is 5.99. The second kappa shape index (κ2) is 5.87. The molecule has 0 amide bonds. The van der Waals surface area contributed by atoms with E-state index in [2.05, 4.69) is 4.98 Å². The molecule has 0 saturated carbocycles. The lowest BCUT2D eigenvalue weighted by Gasteiger charge is -2.20. The van der Waals surface area contributed by atoms with Crippen molar-refractivity contribution in [3.05, 3.63) is 51.3 Å². The van der Waals surface area contributed by atoms with Gasteiger partial charge in [0.2, 0.25) is 0 Å². The van der Waals surface area contributed by atoms with Crippen molar-refractivity contribution < 1.29 is 14.5 Å². The highest BCUT2D eigenvalue weighted by Gasteiger charge is 2.25. The number of carbonyl (C=O) groups is 1. The lowest BCUT2D eigenvalue weighted by Crippen LogP contribution is -2.24. The van der Waals surface area contributed by atoms with Gasteiger partial charge in [0.1, 0.15) is 5.60 Å². The average Bonchev–Trinajstić information content (AvgIpc) is 2.71. The number of hydrogen-bond acceptors (Lipinski definition) is 4. The second-order valence-corrected chi connectivity index (χ2v) is 6.43. The van der Waals surface area contributed by atoms with Crippen molar-refractivity contribution in [1.29, 1.82) is 0 Å². The molecule has 1 N–H and O–H groups in total. The van der Waals surface area contributed by atoms with Crippen LogP contribution < -0.4 is 0 Å². The van der Waals surface area contributed by atoms with Gasteiger partial charge >= 0.3 is 5.97 Å². The van der Waals surface area contributed by atoms with E-state index in [4.69, 9.17) is 4.74 Å². The Bertz CT molecular complexity index is 752. The van der Waals surface area contributed by atoms with Gasteiger partial charge in [-0.05, 0) is 52.3 Å². The first-order chi connectivity index (χ1) is 10.6. The summed E-state index contributed by atoms with van der Waals surface area (Å²) in [6, 6.07) is 6.13. The maximum absolute atomic E-state index is 12.5. The van der Waals surface area contributed by atoms with Gasteiger partial charge in [0.25, 0.3) is 5.69 Å². The average molecular weight is 316 g/mol. The third-order valence-electron chi connectivity index (χ3n) is 3.34. The van der Waals surface area contributed by atoms with E-state index in [-0.39, 0.29) is 5.69 Å². The van der Waals surface area contributed by atoms with Crippen molar-refractivity contribution in [3.8, 4) is 11.1 Å². The molecule has 0 fully saturated rings. The number of benzene rings is 1. The Morgan fingerprint density at radius 3 is 2.17 bits per heavy atom. The molecule has 1 aromatic heterocycles. The van der Waals surface area contributed by atoms with Gasteiger partial charge in [0, 0.05) is 29.1 Å². The molecule has 0 saturated heterocycles. The summed E-state index contributed by atoms with van der Waals surface area (Å²) in [7, 11) is 0. The SMILES string of the molecule is Cc1[nH]c(C)c(-c2ccc([N+](=O)[O-])cc2)c1C(=O)OC(C)(C)C. The van der Waals surface area contributed by atoms with Gasteiger partial charge in [0.05, 0.1) is 10.5 Å². The highest BCUT2D eigenvalue weighted by Crippen LogP contribution is 2.32. The molecule has 0 aliphatic heterocycles. The number of nitrogens with one attached hydrogen (secondary N) is 1. The van der Waals surface area contributed by atoms with Gasteiger partial charge in [-0.2, -0.15) is 0 Å². The fourth-order valence-corrected chi connectivity index (χ4v) is 2.48. The first-order valence-electron chi connectivity index (χ1n) is 7.27. The van der Waals surface area contributed by atoms with E-state index in [1.54, 1.807) is 19.1 Å². The van der Waals surface area contributed by atoms with E-state index in [1.165, 1.54) is 12.1 Å². The summed E-state index contributed by atoms with van der Waals surface area (Å²) in [5.41, 5.74) is 2.86. The molecule has 122 valence electrons. The van der Waals surface area contributed by atoms with Crippen LogP contribution in [0.4, 0.5) is 5.69 Å². The first-order valence-corrected chi connectivity index (χ1v) is 7.27. The molecule has 0 spiro atoms. The molecule has 1 heterocycles. The molecule has 23 heavy (non-hydrogen) atoms. The van der Waals surface area contributed by atoms with Crippen LogP contribution in [0.3, 0.4) is 0 Å². The summed E-state index contributed by atoms with van der Waals surface area (Å²) in [4.78, 5) is 26.0. The number of aryl methyl sites for hydroxylation is 2. The molecule has 0 aliphatic carbocycles. The fraction of sp³-hybridized carbons (Fsp3) is 0.353. The lowest BCUT2D eigenvalue weighted by atomic mass is 10.00. The number of aromatic amines is 1. The molecule has 2 rings (SSSR count). The fourth-order valence-electron chi connectivity index (χ4n) is 2.48. The van der Waals surface area contributed by atoms with Crippen LogP contribution in [0.15, 0.2) is 24.3 Å². The quantitative estimate of drug-likeness (QED) is 0.523. The van der Waals surface area contributed by atoms with E-state index < -0.39 is 16.5 Å². The number of nitrogens with zero attached hydrogens (tertiary/aromatic N) is 1. The zero-order valence-electron chi connectivity index (χ0n) is 13.9. The Kier molecular flexibility index (Phi) is 4.27. The summed E-state index contributed by atoms with van der Waals surface area (Å²) in [5, 5.41) is 10.8. The van der Waals surface area contributed by atoms with Crippen molar-refractivity contribution in [2.75, 3.05) is 0 Å². The van der Waals surface area contributed by atoms with Crippen molar-refractivity contribution in [1.82, 2.24) is 4.98 Å². The molecule has 0 bridgehead atoms. The van der Waals surface area contributed by atoms with E-state index in [1.807, 2.05) is 27.7 Å². The molecule has 0 unspecified atom stereocenters. The van der Waals surface area contributed by atoms with E-state index in [0.29, 0.717) is 16.8 Å². The molecule has 0 atom stereocenters. The predicted octanol–water partition coefficient (Wildman–Crippen LogP) is 4.16. The number of carbonyl (C=O) groups excluding carboxylic acids is 1. The molecule has 1 aromatic carbocycles. The van der Waals surface area contributed by atoms with Crippen LogP contribution >= 0.6 is 0 Å². The summed E-state index contributed by atoms with van der Waals surface area (Å²) in [6.07, 6.45) is 0. The van der Waals surface area contributed by atoms with Crippen LogP contribution in [0.5, 0.6) is 0 Å². The summed E-state index contributed by atoms with van der Waals surface area (Å²) < 4.78 is 5.47. The van der Waals surface area contributed by atoms with Crippen molar-refractivity contribution in [2.45, 2.75) is 40.2 Å². The van der Waals surface area contributed by atoms with Crippen LogP contribution in [0.25, 0.3) is 11.1 Å². The zero-order valence-corrected chi connectivity index (χ0v) is 13.9. The monoisotopic (exact) mass is 316 g/mol. The standard InChI is InChI=1S/C17H20N2O4/c1-10-14(12-6-8-13(9-7-12)19(21)22)15(11(2)18-10)16(20)23-17(3,4)5/h6-9,18H,1-5H3. The maximum atomic E-state index is 12.5. The number of nitro benzene ring substituents is 1. The van der Waals surface area contributed by atoms with Gasteiger partial charge in [-0.25, -0.2) is 4.79 Å². The number of non-ortho nitro benzene ring substituents is 1. The molecule has 6 nitrogen and oxygen atoms in total. The minimum Gasteiger partial charge on any atom is -0.456 e. The summed E-state index contributed by atoms with van der Waals surface area (Å²) in [6.45, 7) is 9.10. The highest BCUT2D eigenvalue weighted by atomic mass is 16.6. The Morgan fingerprint density at radius 1 is 1.13 bits per heavy atom. The minimum atomic E-state index is -0.596. The van der Waals surface area contributed by atoms with Crippen molar-refractivity contribution in [3.63, 3.8) is 0 Å².